The number of hydrogen-bond acceptors (Lipinski definition) is 5. The van der Waals surface area contributed by atoms with Crippen LogP contribution >= 0.6 is 0 Å². The minimum Gasteiger partial charge on any atom is -0.497 e. The van der Waals surface area contributed by atoms with E-state index in [4.69, 9.17) is 4.74 Å². The van der Waals surface area contributed by atoms with Gasteiger partial charge >= 0.3 is 11.8 Å². The molecule has 0 radical (unpaired) electrons. The summed E-state index contributed by atoms with van der Waals surface area (Å²) in [7, 11) is 1.67. The smallest absolute Gasteiger partial charge is 0.313 e. The zero-order valence-corrected chi connectivity index (χ0v) is 17.0. The highest BCUT2D eigenvalue weighted by Crippen LogP contribution is 2.20. The van der Waals surface area contributed by atoms with Gasteiger partial charge in [-0.2, -0.15) is 0 Å². The van der Waals surface area contributed by atoms with Gasteiger partial charge in [0.05, 0.1) is 7.11 Å². The molecule has 2 N–H and O–H groups in total. The van der Waals surface area contributed by atoms with Gasteiger partial charge in [0.2, 0.25) is 0 Å². The number of methoxy groups -OCH3 is 1. The molecule has 7 heteroatoms. The zero-order valence-electron chi connectivity index (χ0n) is 17.0. The van der Waals surface area contributed by atoms with Crippen molar-refractivity contribution in [2.24, 2.45) is 0 Å². The average Bonchev–Trinajstić information content (AvgIpc) is 2.76. The van der Waals surface area contributed by atoms with E-state index in [1.165, 1.54) is 5.69 Å². The molecule has 1 aliphatic rings. The summed E-state index contributed by atoms with van der Waals surface area (Å²) in [6.07, 6.45) is 0. The van der Waals surface area contributed by atoms with Gasteiger partial charge in [-0.05, 0) is 43.3 Å². The number of carbonyl (C=O) groups is 2. The predicted molar refractivity (Wildman–Crippen MR) is 114 cm³/mol. The Bertz CT molecular complexity index is 813. The molecule has 154 valence electrons. The fraction of sp³-hybridized carbons (Fsp3) is 0.364. The lowest BCUT2D eigenvalue weighted by Crippen LogP contribution is -2.49. The van der Waals surface area contributed by atoms with Gasteiger partial charge in [-0.15, -0.1) is 0 Å². The van der Waals surface area contributed by atoms with Gasteiger partial charge in [-0.1, -0.05) is 17.7 Å². The Balaban J connectivity index is 1.36. The van der Waals surface area contributed by atoms with Gasteiger partial charge in [0.15, 0.2) is 0 Å². The van der Waals surface area contributed by atoms with Crippen LogP contribution in [0.2, 0.25) is 0 Å². The first-order chi connectivity index (χ1) is 14.0. The third-order valence-electron chi connectivity index (χ3n) is 5.04. The molecule has 0 saturated carbocycles. The second-order valence-electron chi connectivity index (χ2n) is 7.10. The summed E-state index contributed by atoms with van der Waals surface area (Å²) < 4.78 is 5.20. The molecule has 1 heterocycles. The van der Waals surface area contributed by atoms with Crippen molar-refractivity contribution in [1.29, 1.82) is 0 Å². The Morgan fingerprint density at radius 2 is 1.59 bits per heavy atom. The third-order valence-corrected chi connectivity index (χ3v) is 5.04. The molecule has 0 unspecified atom stereocenters. The van der Waals surface area contributed by atoms with Crippen molar-refractivity contribution in [3.8, 4) is 5.75 Å². The van der Waals surface area contributed by atoms with E-state index in [0.29, 0.717) is 12.2 Å². The van der Waals surface area contributed by atoms with Crippen LogP contribution in [0.25, 0.3) is 0 Å². The maximum atomic E-state index is 12.0. The number of carbonyl (C=O) groups excluding carboxylic acids is 2. The minimum atomic E-state index is -0.641. The van der Waals surface area contributed by atoms with E-state index in [-0.39, 0.29) is 0 Å². The molecule has 0 aromatic heterocycles. The van der Waals surface area contributed by atoms with Gasteiger partial charge in [0.25, 0.3) is 0 Å². The highest BCUT2D eigenvalue weighted by Gasteiger charge is 2.18. The third kappa shape index (κ3) is 5.96. The van der Waals surface area contributed by atoms with Crippen LogP contribution in [0.15, 0.2) is 48.5 Å². The number of anilines is 2. The van der Waals surface area contributed by atoms with Gasteiger partial charge in [0, 0.05) is 50.6 Å². The van der Waals surface area contributed by atoms with Crippen molar-refractivity contribution in [3.63, 3.8) is 0 Å². The first-order valence-electron chi connectivity index (χ1n) is 9.82. The summed E-state index contributed by atoms with van der Waals surface area (Å²) >= 11 is 0. The predicted octanol–water partition coefficient (Wildman–Crippen LogP) is 1.88. The quantitative estimate of drug-likeness (QED) is 0.730. The summed E-state index contributed by atoms with van der Waals surface area (Å²) in [5, 5.41) is 5.31. The summed E-state index contributed by atoms with van der Waals surface area (Å²) in [6, 6.07) is 15.4. The molecule has 2 aromatic carbocycles. The molecule has 3 rings (SSSR count). The Labute approximate surface area is 171 Å². The normalized spacial score (nSPS) is 14.3. The van der Waals surface area contributed by atoms with E-state index >= 15 is 0 Å². The number of rotatable bonds is 6. The van der Waals surface area contributed by atoms with E-state index in [1.54, 1.807) is 19.2 Å². The summed E-state index contributed by atoms with van der Waals surface area (Å²) in [5.74, 6) is -0.393. The SMILES string of the molecule is COc1ccc(N2CCN(CCNC(=O)C(=O)Nc3ccc(C)cc3)CC2)cc1. The van der Waals surface area contributed by atoms with Crippen molar-refractivity contribution in [2.45, 2.75) is 6.92 Å². The molecule has 2 aromatic rings. The number of aryl methyl sites for hydroxylation is 1. The highest BCUT2D eigenvalue weighted by molar-refractivity contribution is 6.39. The lowest BCUT2D eigenvalue weighted by atomic mass is 10.2. The second kappa shape index (κ2) is 9.93. The molecule has 1 fully saturated rings. The van der Waals surface area contributed by atoms with Crippen LogP contribution in [0, 0.1) is 6.92 Å². The van der Waals surface area contributed by atoms with Crippen molar-refractivity contribution in [1.82, 2.24) is 10.2 Å². The first kappa shape index (κ1) is 20.7. The number of nitrogens with one attached hydrogen (secondary N) is 2. The van der Waals surface area contributed by atoms with Gasteiger partial charge in [-0.3, -0.25) is 14.5 Å². The van der Waals surface area contributed by atoms with E-state index in [2.05, 4.69) is 32.6 Å². The Kier molecular flexibility index (Phi) is 7.08. The fourth-order valence-corrected chi connectivity index (χ4v) is 3.26. The Morgan fingerprint density at radius 3 is 2.21 bits per heavy atom. The van der Waals surface area contributed by atoms with Crippen molar-refractivity contribution in [2.75, 3.05) is 56.6 Å². The molecule has 0 bridgehead atoms. The van der Waals surface area contributed by atoms with Gasteiger partial charge in [-0.25, -0.2) is 0 Å². The van der Waals surface area contributed by atoms with Crippen molar-refractivity contribution < 1.29 is 14.3 Å². The van der Waals surface area contributed by atoms with Crippen LogP contribution in [0.3, 0.4) is 0 Å². The molecule has 1 saturated heterocycles. The Morgan fingerprint density at radius 1 is 0.931 bits per heavy atom. The van der Waals surface area contributed by atoms with Gasteiger partial charge in [0.1, 0.15) is 5.75 Å². The summed E-state index contributed by atoms with van der Waals surface area (Å²) in [5.41, 5.74) is 2.90. The van der Waals surface area contributed by atoms with Crippen molar-refractivity contribution >= 4 is 23.2 Å². The van der Waals surface area contributed by atoms with Crippen LogP contribution in [-0.2, 0) is 9.59 Å². The van der Waals surface area contributed by atoms with Crippen LogP contribution in [0.1, 0.15) is 5.56 Å². The zero-order chi connectivity index (χ0) is 20.6. The fourth-order valence-electron chi connectivity index (χ4n) is 3.26. The van der Waals surface area contributed by atoms with Crippen molar-refractivity contribution in [3.05, 3.63) is 54.1 Å². The van der Waals surface area contributed by atoms with Gasteiger partial charge < -0.3 is 20.3 Å². The molecule has 0 spiro atoms. The van der Waals surface area contributed by atoms with E-state index < -0.39 is 11.8 Å². The van der Waals surface area contributed by atoms with Crippen LogP contribution in [0.4, 0.5) is 11.4 Å². The second-order valence-corrected chi connectivity index (χ2v) is 7.10. The maximum absolute atomic E-state index is 12.0. The number of ether oxygens (including phenoxy) is 1. The van der Waals surface area contributed by atoms with E-state index in [1.807, 2.05) is 31.2 Å². The molecule has 29 heavy (non-hydrogen) atoms. The molecule has 1 aliphatic heterocycles. The standard InChI is InChI=1S/C22H28N4O3/c1-17-3-5-18(6-4-17)24-22(28)21(27)23-11-12-25-13-15-26(16-14-25)19-7-9-20(29-2)10-8-19/h3-10H,11-16H2,1-2H3,(H,23,27)(H,24,28). The molecule has 7 nitrogen and oxygen atoms in total. The lowest BCUT2D eigenvalue weighted by molar-refractivity contribution is -0.136. The van der Waals surface area contributed by atoms with Crippen LogP contribution in [-0.4, -0.2) is 63.1 Å². The number of benzene rings is 2. The topological polar surface area (TPSA) is 73.9 Å². The molecule has 0 aliphatic carbocycles. The molecular weight excluding hydrogens is 368 g/mol. The summed E-state index contributed by atoms with van der Waals surface area (Å²) in [6.45, 7) is 6.81. The van der Waals surface area contributed by atoms with Crippen LogP contribution in [0.5, 0.6) is 5.75 Å². The molecular formula is C22H28N4O3. The number of hydrogen-bond donors (Lipinski definition) is 2. The van der Waals surface area contributed by atoms with Crippen LogP contribution < -0.4 is 20.3 Å². The highest BCUT2D eigenvalue weighted by atomic mass is 16.5. The number of amides is 2. The molecule has 0 atom stereocenters. The average molecular weight is 396 g/mol. The lowest BCUT2D eigenvalue weighted by Gasteiger charge is -2.36. The minimum absolute atomic E-state index is 0.447. The van der Waals surface area contributed by atoms with E-state index in [0.717, 1.165) is 44.0 Å². The Hall–Kier alpha value is -3.06. The maximum Gasteiger partial charge on any atom is 0.313 e. The largest absolute Gasteiger partial charge is 0.497 e. The summed E-state index contributed by atoms with van der Waals surface area (Å²) in [4.78, 5) is 28.6. The monoisotopic (exact) mass is 396 g/mol. The number of nitrogens with zero attached hydrogens (tertiary/aromatic N) is 2. The number of piperazine rings is 1. The van der Waals surface area contributed by atoms with E-state index in [9.17, 15) is 9.59 Å². The molecule has 2 amide bonds. The first-order valence-corrected chi connectivity index (χ1v) is 9.82.